The van der Waals surface area contributed by atoms with Gasteiger partial charge in [-0.05, 0) is 70.6 Å². The molecule has 0 radical (unpaired) electrons. The number of anilines is 2. The Kier molecular flexibility index (Phi) is 13.3. The van der Waals surface area contributed by atoms with Crippen LogP contribution in [0.25, 0.3) is 10.2 Å². The molecular weight excluding hydrogens is 899 g/mol. The lowest BCUT2D eigenvalue weighted by atomic mass is 9.65. The fourth-order valence-corrected chi connectivity index (χ4v) is 10.9. The zero-order valence-electron chi connectivity index (χ0n) is 37.9. The van der Waals surface area contributed by atoms with E-state index < -0.39 is 77.3 Å². The number of hydrogen-bond acceptors (Lipinski definition) is 13. The fourth-order valence-electron chi connectivity index (χ4n) is 10.0. The number of morpholine rings is 1. The van der Waals surface area contributed by atoms with Gasteiger partial charge in [0.25, 0.3) is 0 Å². The normalized spacial score (nSPS) is 22.1. The number of imide groups is 1. The summed E-state index contributed by atoms with van der Waals surface area (Å²) in [6.45, 7) is 3.01. The summed E-state index contributed by atoms with van der Waals surface area (Å²) < 4.78 is 18.2. The Morgan fingerprint density at radius 1 is 0.855 bits per heavy atom. The van der Waals surface area contributed by atoms with Gasteiger partial charge in [0.1, 0.15) is 36.0 Å². The fraction of sp³-hybridized carbons (Fsp3) is 0.283. The summed E-state index contributed by atoms with van der Waals surface area (Å²) in [5.41, 5.74) is 1.02. The monoisotopic (exact) mass is 947 g/mol. The molecule has 1 aromatic heterocycles. The van der Waals surface area contributed by atoms with Gasteiger partial charge in [0.05, 0.1) is 54.2 Å². The predicted octanol–water partition coefficient (Wildman–Crippen LogP) is 6.61. The molecule has 1 spiro atoms. The predicted molar refractivity (Wildman–Crippen MR) is 257 cm³/mol. The van der Waals surface area contributed by atoms with Crippen LogP contribution in [0.15, 0.2) is 127 Å². The van der Waals surface area contributed by atoms with E-state index in [0.717, 1.165) is 9.60 Å². The number of cyclic esters (lactones) is 1. The highest BCUT2D eigenvalue weighted by Crippen LogP contribution is 2.66. The molecule has 7 atom stereocenters. The number of carbonyl (C=O) groups is 5. The molecule has 2 saturated heterocycles. The van der Waals surface area contributed by atoms with Gasteiger partial charge in [-0.25, -0.2) is 19.5 Å². The average Bonchev–Trinajstić information content (AvgIpc) is 4.01. The summed E-state index contributed by atoms with van der Waals surface area (Å²) in [6, 6.07) is 32.0. The van der Waals surface area contributed by atoms with E-state index in [-0.39, 0.29) is 42.6 Å². The van der Waals surface area contributed by atoms with Crippen LogP contribution in [0.5, 0.6) is 5.75 Å². The third-order valence-corrected chi connectivity index (χ3v) is 13.8. The zero-order chi connectivity index (χ0) is 48.4. The van der Waals surface area contributed by atoms with Gasteiger partial charge >= 0.3 is 18.0 Å². The third-order valence-electron chi connectivity index (χ3n) is 12.9. The Hall–Kier alpha value is -7.42. The number of ether oxygens (including phenoxy) is 3. The molecule has 4 amide bonds. The molecule has 4 heterocycles. The number of nitrogens with one attached hydrogen (secondary N) is 2. The quantitative estimate of drug-likeness (QED) is 0.0758. The molecule has 5 aromatic carbocycles. The van der Waals surface area contributed by atoms with Crippen LogP contribution in [0, 0.1) is 23.7 Å². The first-order chi connectivity index (χ1) is 33.5. The summed E-state index contributed by atoms with van der Waals surface area (Å²) in [4.78, 5) is 83.7. The number of para-hydroxylation sites is 1. The van der Waals surface area contributed by atoms with Gasteiger partial charge in [0.2, 0.25) is 11.8 Å². The SMILES string of the molecule is COC(=O)[C@@H](NC(=O)N1C(=O)[C@@]2(c3cc(C#CCCO)ccc31)[C@H](c1ccc(OCCO)cc1)N1[C@H](c3ccccc3)[C@H](c3ccccc3)OC(=O)[C@H]1[C@@H]2C(=O)Nc1nc2ccccc2s1)C(C)C. The number of aromatic nitrogens is 1. The second kappa shape index (κ2) is 19.7. The van der Waals surface area contributed by atoms with Crippen LogP contribution < -0.4 is 20.3 Å². The van der Waals surface area contributed by atoms with Gasteiger partial charge in [0, 0.05) is 12.0 Å². The third kappa shape index (κ3) is 8.37. The van der Waals surface area contributed by atoms with Crippen molar-refractivity contribution in [2.75, 3.05) is 37.1 Å². The Balaban J connectivity index is 1.36. The Labute approximate surface area is 402 Å². The topological polar surface area (TPSA) is 197 Å². The van der Waals surface area contributed by atoms with Crippen LogP contribution in [-0.2, 0) is 34.1 Å². The van der Waals surface area contributed by atoms with Crippen LogP contribution >= 0.6 is 11.3 Å². The molecule has 9 rings (SSSR count). The number of thiazole rings is 1. The van der Waals surface area contributed by atoms with E-state index in [1.54, 1.807) is 56.3 Å². The number of hydrogen-bond donors (Lipinski definition) is 4. The van der Waals surface area contributed by atoms with E-state index in [9.17, 15) is 15.0 Å². The van der Waals surface area contributed by atoms with E-state index in [2.05, 4.69) is 22.5 Å². The maximum Gasteiger partial charge on any atom is 0.329 e. The number of rotatable bonds is 12. The minimum atomic E-state index is -2.14. The van der Waals surface area contributed by atoms with E-state index in [1.807, 2.05) is 89.8 Å². The van der Waals surface area contributed by atoms with Gasteiger partial charge in [-0.1, -0.05) is 122 Å². The Bertz CT molecular complexity index is 2940. The molecule has 0 unspecified atom stereocenters. The van der Waals surface area contributed by atoms with E-state index in [1.165, 1.54) is 18.4 Å². The second-order valence-corrected chi connectivity index (χ2v) is 18.3. The van der Waals surface area contributed by atoms with Gasteiger partial charge in [-0.2, -0.15) is 0 Å². The minimum Gasteiger partial charge on any atom is -0.491 e. The lowest BCUT2D eigenvalue weighted by Gasteiger charge is -2.46. The van der Waals surface area contributed by atoms with E-state index >= 15 is 19.2 Å². The average molecular weight is 948 g/mol. The molecule has 352 valence electrons. The van der Waals surface area contributed by atoms with Crippen LogP contribution in [-0.4, -0.2) is 88.9 Å². The number of aliphatic hydroxyl groups excluding tert-OH is 2. The molecule has 0 saturated carbocycles. The number of methoxy groups -OCH3 is 1. The minimum absolute atomic E-state index is 0.00851. The van der Waals surface area contributed by atoms with Crippen molar-refractivity contribution in [3.8, 4) is 17.6 Å². The molecule has 69 heavy (non-hydrogen) atoms. The lowest BCUT2D eigenvalue weighted by molar-refractivity contribution is -0.177. The number of carbonyl (C=O) groups excluding carboxylic acids is 5. The summed E-state index contributed by atoms with van der Waals surface area (Å²) in [5, 5.41) is 25.2. The Morgan fingerprint density at radius 2 is 1.55 bits per heavy atom. The summed E-state index contributed by atoms with van der Waals surface area (Å²) in [7, 11) is 1.20. The van der Waals surface area contributed by atoms with Gasteiger partial charge in [-0.15, -0.1) is 0 Å². The summed E-state index contributed by atoms with van der Waals surface area (Å²) >= 11 is 1.22. The first-order valence-corrected chi connectivity index (χ1v) is 23.4. The highest BCUT2D eigenvalue weighted by atomic mass is 32.1. The lowest BCUT2D eigenvalue weighted by Crippen LogP contribution is -2.57. The largest absolute Gasteiger partial charge is 0.491 e. The van der Waals surface area contributed by atoms with E-state index in [4.69, 9.17) is 19.2 Å². The number of aliphatic hydroxyl groups is 2. The highest BCUT2D eigenvalue weighted by molar-refractivity contribution is 7.22. The first kappa shape index (κ1) is 46.7. The highest BCUT2D eigenvalue weighted by Gasteiger charge is 2.75. The number of esters is 2. The van der Waals surface area contributed by atoms with Crippen molar-refractivity contribution in [3.63, 3.8) is 0 Å². The van der Waals surface area contributed by atoms with Crippen molar-refractivity contribution in [3.05, 3.63) is 155 Å². The van der Waals surface area contributed by atoms with Crippen molar-refractivity contribution in [1.29, 1.82) is 0 Å². The zero-order valence-corrected chi connectivity index (χ0v) is 38.7. The number of amides is 4. The van der Waals surface area contributed by atoms with Crippen molar-refractivity contribution in [1.82, 2.24) is 15.2 Å². The van der Waals surface area contributed by atoms with Crippen molar-refractivity contribution < 1.29 is 48.4 Å². The van der Waals surface area contributed by atoms with Crippen LogP contribution in [0.1, 0.15) is 66.3 Å². The number of benzene rings is 5. The molecule has 2 fully saturated rings. The van der Waals surface area contributed by atoms with Gasteiger partial charge < -0.3 is 35.1 Å². The van der Waals surface area contributed by atoms with Crippen LogP contribution in [0.4, 0.5) is 15.6 Å². The van der Waals surface area contributed by atoms with Crippen LogP contribution in [0.2, 0.25) is 0 Å². The van der Waals surface area contributed by atoms with Gasteiger partial charge in [0.15, 0.2) is 5.13 Å². The molecule has 0 bridgehead atoms. The standard InChI is InChI=1S/C53H49N5O10S/c1-31(2)42(48(62)66-3)55-52(65)57-39-26-21-32(14-12-13-27-59)30-37(39)53(50(57)64)41(47(61)56-51-54-38-19-10-11-20-40(38)69-51)44-49(63)68-45(34-17-8-5-9-18-34)43(33-15-6-4-7-16-33)58(44)46(53)35-22-24-36(25-23-35)67-29-28-60/h4-11,15-26,30-31,41-46,59-60H,13,27-29H2,1-3H3,(H,55,65)(H,54,56,61)/t41-,42+,43-,44-,45+,46+,53-/m1/s1. The first-order valence-electron chi connectivity index (χ1n) is 22.6. The molecule has 3 aliphatic heterocycles. The van der Waals surface area contributed by atoms with Crippen molar-refractivity contribution in [2.45, 2.75) is 56.0 Å². The van der Waals surface area contributed by atoms with Gasteiger partial charge in [-0.3, -0.25) is 19.3 Å². The molecular formula is C53H49N5O10S. The van der Waals surface area contributed by atoms with E-state index in [0.29, 0.717) is 33.5 Å². The van der Waals surface area contributed by atoms with Crippen molar-refractivity contribution in [2.24, 2.45) is 11.8 Å². The second-order valence-electron chi connectivity index (χ2n) is 17.2. The number of urea groups is 1. The molecule has 4 N–H and O–H groups in total. The van der Waals surface area contributed by atoms with Crippen molar-refractivity contribution >= 4 is 62.2 Å². The molecule has 6 aromatic rings. The maximum absolute atomic E-state index is 16.6. The molecule has 3 aliphatic rings. The maximum atomic E-state index is 16.6. The smallest absolute Gasteiger partial charge is 0.329 e. The van der Waals surface area contributed by atoms with Crippen LogP contribution in [0.3, 0.4) is 0 Å². The molecule has 15 nitrogen and oxygen atoms in total. The molecule has 0 aliphatic carbocycles. The summed E-state index contributed by atoms with van der Waals surface area (Å²) in [6.07, 6.45) is -0.824. The molecule has 16 heteroatoms. The number of nitrogens with zero attached hydrogens (tertiary/aromatic N) is 3. The summed E-state index contributed by atoms with van der Waals surface area (Å²) in [5.74, 6) is 1.19. The number of fused-ring (bicyclic) bond motifs is 4. The Morgan fingerprint density at radius 3 is 2.22 bits per heavy atom.